The van der Waals surface area contributed by atoms with Gasteiger partial charge < -0.3 is 24.5 Å². The van der Waals surface area contributed by atoms with E-state index >= 15 is 0 Å². The standard InChI is InChI=1S/C29H35N3O5/c1-19-25(16-26(37-19)22-15-24(36-3)18-30-17-22)28(20-7-5-4-6-8-20)31-23-11-9-21(10-12-23)29(35)32(2)14-13-27(33)34/h9-12,15-18,20,28,31H,4-8,13-14H2,1-3H3,(H,33,34). The molecule has 1 aromatic carbocycles. The van der Waals surface area contributed by atoms with Crippen molar-refractivity contribution in [3.05, 3.63) is 65.7 Å². The Balaban J connectivity index is 1.56. The summed E-state index contributed by atoms with van der Waals surface area (Å²) in [6.07, 6.45) is 9.34. The first-order chi connectivity index (χ1) is 17.9. The van der Waals surface area contributed by atoms with Crippen LogP contribution in [0.5, 0.6) is 5.75 Å². The van der Waals surface area contributed by atoms with Gasteiger partial charge in [-0.15, -0.1) is 0 Å². The Hall–Kier alpha value is -3.81. The molecule has 0 aliphatic heterocycles. The molecule has 196 valence electrons. The fraction of sp³-hybridized carbons (Fsp3) is 0.414. The number of benzene rings is 1. The third-order valence-corrected chi connectivity index (χ3v) is 7.11. The number of nitrogens with one attached hydrogen (secondary N) is 1. The van der Waals surface area contributed by atoms with E-state index in [-0.39, 0.29) is 24.9 Å². The summed E-state index contributed by atoms with van der Waals surface area (Å²) in [5.74, 6) is 1.65. The number of hydrogen-bond donors (Lipinski definition) is 2. The summed E-state index contributed by atoms with van der Waals surface area (Å²) in [5.41, 5.74) is 3.44. The summed E-state index contributed by atoms with van der Waals surface area (Å²) < 4.78 is 11.5. The van der Waals surface area contributed by atoms with Crippen molar-refractivity contribution in [3.63, 3.8) is 0 Å². The molecule has 37 heavy (non-hydrogen) atoms. The van der Waals surface area contributed by atoms with E-state index in [4.69, 9.17) is 14.3 Å². The van der Waals surface area contributed by atoms with E-state index < -0.39 is 5.97 Å². The quantitative estimate of drug-likeness (QED) is 0.351. The van der Waals surface area contributed by atoms with Gasteiger partial charge in [0.05, 0.1) is 25.8 Å². The Labute approximate surface area is 217 Å². The van der Waals surface area contributed by atoms with Crippen molar-refractivity contribution in [2.45, 2.75) is 51.5 Å². The number of ether oxygens (including phenoxy) is 1. The second kappa shape index (κ2) is 12.0. The molecule has 1 fully saturated rings. The molecule has 1 unspecified atom stereocenters. The van der Waals surface area contributed by atoms with Crippen LogP contribution in [-0.4, -0.2) is 47.6 Å². The van der Waals surface area contributed by atoms with Crippen molar-refractivity contribution in [1.82, 2.24) is 9.88 Å². The maximum Gasteiger partial charge on any atom is 0.305 e. The zero-order valence-electron chi connectivity index (χ0n) is 21.7. The van der Waals surface area contributed by atoms with E-state index in [0.717, 1.165) is 41.2 Å². The summed E-state index contributed by atoms with van der Waals surface area (Å²) in [5, 5.41) is 12.6. The highest BCUT2D eigenvalue weighted by atomic mass is 16.5. The van der Waals surface area contributed by atoms with Crippen LogP contribution < -0.4 is 10.1 Å². The molecule has 1 aliphatic rings. The molecule has 1 atom stereocenters. The number of nitrogens with zero attached hydrogens (tertiary/aromatic N) is 2. The minimum Gasteiger partial charge on any atom is -0.495 e. The zero-order chi connectivity index (χ0) is 26.4. The molecule has 8 heteroatoms. The van der Waals surface area contributed by atoms with Gasteiger partial charge in [0.25, 0.3) is 5.91 Å². The first-order valence-electron chi connectivity index (χ1n) is 12.8. The van der Waals surface area contributed by atoms with E-state index in [1.165, 1.54) is 24.2 Å². The average Bonchev–Trinajstić information content (AvgIpc) is 3.32. The molecular weight excluding hydrogens is 470 g/mol. The number of carboxylic acids is 1. The highest BCUT2D eigenvalue weighted by Gasteiger charge is 2.29. The van der Waals surface area contributed by atoms with Crippen LogP contribution in [0.2, 0.25) is 0 Å². The lowest BCUT2D eigenvalue weighted by Gasteiger charge is -2.31. The normalized spacial score (nSPS) is 14.7. The molecule has 2 heterocycles. The van der Waals surface area contributed by atoms with Crippen LogP contribution in [0, 0.1) is 12.8 Å². The van der Waals surface area contributed by atoms with Crippen LogP contribution in [-0.2, 0) is 4.79 Å². The predicted molar refractivity (Wildman–Crippen MR) is 142 cm³/mol. The van der Waals surface area contributed by atoms with Crippen molar-refractivity contribution in [1.29, 1.82) is 0 Å². The number of aliphatic carboxylic acids is 1. The van der Waals surface area contributed by atoms with E-state index in [2.05, 4.69) is 16.4 Å². The zero-order valence-corrected chi connectivity index (χ0v) is 21.7. The number of carbonyl (C=O) groups is 2. The molecule has 2 N–H and O–H groups in total. The fourth-order valence-electron chi connectivity index (χ4n) is 5.00. The molecule has 1 amide bonds. The van der Waals surface area contributed by atoms with Crippen LogP contribution >= 0.6 is 0 Å². The smallest absolute Gasteiger partial charge is 0.305 e. The first-order valence-corrected chi connectivity index (χ1v) is 12.8. The fourth-order valence-corrected chi connectivity index (χ4v) is 5.00. The number of pyridine rings is 1. The maximum atomic E-state index is 12.7. The first kappa shape index (κ1) is 26.3. The Morgan fingerprint density at radius 2 is 1.89 bits per heavy atom. The van der Waals surface area contributed by atoms with Crippen LogP contribution in [0.25, 0.3) is 11.3 Å². The molecule has 4 rings (SSSR count). The minimum absolute atomic E-state index is 0.0659. The van der Waals surface area contributed by atoms with E-state index in [1.807, 2.05) is 25.1 Å². The number of amides is 1. The number of furan rings is 1. The molecular formula is C29H35N3O5. The van der Waals surface area contributed by atoms with Gasteiger partial charge in [0.15, 0.2) is 0 Å². The number of hydrogen-bond acceptors (Lipinski definition) is 6. The lowest BCUT2D eigenvalue weighted by Crippen LogP contribution is -2.29. The summed E-state index contributed by atoms with van der Waals surface area (Å²) in [6, 6.07) is 11.5. The second-order valence-corrected chi connectivity index (χ2v) is 9.70. The van der Waals surface area contributed by atoms with Gasteiger partial charge in [-0.05, 0) is 62.1 Å². The molecule has 1 aliphatic carbocycles. The summed E-state index contributed by atoms with van der Waals surface area (Å²) in [4.78, 5) is 29.2. The molecule has 0 spiro atoms. The molecule has 0 saturated heterocycles. The van der Waals surface area contributed by atoms with Crippen LogP contribution in [0.3, 0.4) is 0 Å². The Morgan fingerprint density at radius 1 is 1.16 bits per heavy atom. The number of aromatic nitrogens is 1. The Kier molecular flexibility index (Phi) is 8.48. The molecule has 0 radical (unpaired) electrons. The number of rotatable bonds is 10. The van der Waals surface area contributed by atoms with Crippen molar-refractivity contribution in [3.8, 4) is 17.1 Å². The van der Waals surface area contributed by atoms with Crippen LogP contribution in [0.4, 0.5) is 5.69 Å². The van der Waals surface area contributed by atoms with Gasteiger partial charge in [-0.1, -0.05) is 19.3 Å². The maximum absolute atomic E-state index is 12.7. The van der Waals surface area contributed by atoms with Gasteiger partial charge in [0.2, 0.25) is 0 Å². The molecule has 3 aromatic rings. The lowest BCUT2D eigenvalue weighted by atomic mass is 9.81. The van der Waals surface area contributed by atoms with E-state index in [1.54, 1.807) is 38.7 Å². The largest absolute Gasteiger partial charge is 0.495 e. The van der Waals surface area contributed by atoms with Gasteiger partial charge in [-0.25, -0.2) is 0 Å². The van der Waals surface area contributed by atoms with Crippen LogP contribution in [0.15, 0.2) is 53.2 Å². The number of methoxy groups -OCH3 is 1. The topological polar surface area (TPSA) is 105 Å². The average molecular weight is 506 g/mol. The Bertz CT molecular complexity index is 1210. The molecule has 1 saturated carbocycles. The predicted octanol–water partition coefficient (Wildman–Crippen LogP) is 5.94. The number of carboxylic acid groups (broad SMARTS) is 1. The second-order valence-electron chi connectivity index (χ2n) is 9.70. The third kappa shape index (κ3) is 6.50. The van der Waals surface area contributed by atoms with Crippen molar-refractivity contribution in [2.24, 2.45) is 5.92 Å². The molecule has 8 nitrogen and oxygen atoms in total. The van der Waals surface area contributed by atoms with E-state index in [0.29, 0.717) is 17.2 Å². The van der Waals surface area contributed by atoms with Crippen molar-refractivity contribution >= 4 is 17.6 Å². The SMILES string of the molecule is COc1cncc(-c2cc(C(Nc3ccc(C(=O)N(C)CCC(=O)O)cc3)C3CCCCC3)c(C)o2)c1. The van der Waals surface area contributed by atoms with Gasteiger partial charge in [0.1, 0.15) is 17.3 Å². The Morgan fingerprint density at radius 3 is 2.57 bits per heavy atom. The number of carbonyl (C=O) groups excluding carboxylic acids is 1. The van der Waals surface area contributed by atoms with Crippen molar-refractivity contribution in [2.75, 3.05) is 26.0 Å². The van der Waals surface area contributed by atoms with Crippen LogP contribution in [0.1, 0.15) is 66.2 Å². The van der Waals surface area contributed by atoms with Gasteiger partial charge in [-0.2, -0.15) is 0 Å². The molecule has 0 bridgehead atoms. The monoisotopic (exact) mass is 505 g/mol. The number of aryl methyl sites for hydroxylation is 1. The number of anilines is 1. The van der Waals surface area contributed by atoms with E-state index in [9.17, 15) is 9.59 Å². The van der Waals surface area contributed by atoms with Gasteiger partial charge >= 0.3 is 5.97 Å². The highest BCUT2D eigenvalue weighted by molar-refractivity contribution is 5.94. The lowest BCUT2D eigenvalue weighted by molar-refractivity contribution is -0.137. The summed E-state index contributed by atoms with van der Waals surface area (Å²) >= 11 is 0. The third-order valence-electron chi connectivity index (χ3n) is 7.11. The van der Waals surface area contributed by atoms with Gasteiger partial charge in [-0.3, -0.25) is 14.6 Å². The van der Waals surface area contributed by atoms with Crippen molar-refractivity contribution < 1.29 is 23.8 Å². The highest BCUT2D eigenvalue weighted by Crippen LogP contribution is 2.40. The molecule has 2 aromatic heterocycles. The minimum atomic E-state index is -0.923. The van der Waals surface area contributed by atoms with Gasteiger partial charge in [0, 0.05) is 42.2 Å². The summed E-state index contributed by atoms with van der Waals surface area (Å²) in [6.45, 7) is 2.17. The summed E-state index contributed by atoms with van der Waals surface area (Å²) in [7, 11) is 3.24.